The van der Waals surface area contributed by atoms with E-state index in [1.807, 2.05) is 6.07 Å². The van der Waals surface area contributed by atoms with Crippen molar-refractivity contribution in [3.05, 3.63) is 23.8 Å². The van der Waals surface area contributed by atoms with Crippen LogP contribution in [0.25, 0.3) is 0 Å². The highest BCUT2D eigenvalue weighted by Gasteiger charge is 2.07. The highest BCUT2D eigenvalue weighted by Crippen LogP contribution is 2.27. The zero-order valence-electron chi connectivity index (χ0n) is 8.25. The Balaban J connectivity index is 2.23. The Hall–Kier alpha value is -1.22. The molecule has 0 aromatic heterocycles. The first-order chi connectivity index (χ1) is 6.90. The third kappa shape index (κ3) is 1.99. The molecule has 14 heavy (non-hydrogen) atoms. The van der Waals surface area contributed by atoms with Gasteiger partial charge in [-0.3, -0.25) is 0 Å². The molecule has 1 heterocycles. The first-order valence-corrected chi connectivity index (χ1v) is 5.10. The first kappa shape index (κ1) is 9.34. The number of fused-ring (bicyclic) bond motifs is 1. The summed E-state index contributed by atoms with van der Waals surface area (Å²) >= 11 is 0. The number of nitrogens with one attached hydrogen (secondary N) is 1. The minimum atomic E-state index is 0.694. The lowest BCUT2D eigenvalue weighted by atomic mass is 10.1. The van der Waals surface area contributed by atoms with Crippen LogP contribution in [-0.2, 0) is 6.42 Å². The van der Waals surface area contributed by atoms with Crippen LogP contribution in [0.2, 0.25) is 0 Å². The van der Waals surface area contributed by atoms with E-state index < -0.39 is 0 Å². The highest BCUT2D eigenvalue weighted by atomic mass is 16.5. The first-order valence-electron chi connectivity index (χ1n) is 5.10. The molecule has 0 radical (unpaired) electrons. The topological polar surface area (TPSA) is 47.3 Å². The van der Waals surface area contributed by atoms with Crippen molar-refractivity contribution < 1.29 is 4.74 Å². The fourth-order valence-corrected chi connectivity index (χ4v) is 1.64. The van der Waals surface area contributed by atoms with Gasteiger partial charge in [0.25, 0.3) is 0 Å². The van der Waals surface area contributed by atoms with E-state index >= 15 is 0 Å². The molecule has 0 amide bonds. The SMILES string of the molecule is NCCc1ccc2c(c1)NCCCO2. The summed E-state index contributed by atoms with van der Waals surface area (Å²) in [5, 5.41) is 3.36. The molecule has 3 N–H and O–H groups in total. The zero-order valence-corrected chi connectivity index (χ0v) is 8.25. The highest BCUT2D eigenvalue weighted by molar-refractivity contribution is 5.58. The van der Waals surface area contributed by atoms with Crippen LogP contribution in [-0.4, -0.2) is 19.7 Å². The van der Waals surface area contributed by atoms with Gasteiger partial charge < -0.3 is 15.8 Å². The Labute approximate surface area is 84.3 Å². The average Bonchev–Trinajstić information content (AvgIpc) is 2.42. The molecule has 0 unspecified atom stereocenters. The molecule has 76 valence electrons. The summed E-state index contributed by atoms with van der Waals surface area (Å²) in [5.74, 6) is 0.961. The van der Waals surface area contributed by atoms with Crippen LogP contribution < -0.4 is 15.8 Å². The number of rotatable bonds is 2. The van der Waals surface area contributed by atoms with Gasteiger partial charge in [-0.25, -0.2) is 0 Å². The third-order valence-corrected chi connectivity index (χ3v) is 2.37. The van der Waals surface area contributed by atoms with E-state index in [4.69, 9.17) is 10.5 Å². The predicted molar refractivity (Wildman–Crippen MR) is 57.8 cm³/mol. The normalized spacial score (nSPS) is 14.9. The second-order valence-corrected chi connectivity index (χ2v) is 3.50. The van der Waals surface area contributed by atoms with Crippen molar-refractivity contribution in [3.8, 4) is 5.75 Å². The van der Waals surface area contributed by atoms with E-state index in [0.717, 1.165) is 37.4 Å². The maximum Gasteiger partial charge on any atom is 0.142 e. The van der Waals surface area contributed by atoms with Crippen LogP contribution >= 0.6 is 0 Å². The molecule has 0 fully saturated rings. The Morgan fingerprint density at radius 1 is 1.43 bits per heavy atom. The minimum Gasteiger partial charge on any atom is -0.491 e. The summed E-state index contributed by atoms with van der Waals surface area (Å²) in [7, 11) is 0. The van der Waals surface area contributed by atoms with Gasteiger partial charge in [-0.1, -0.05) is 6.07 Å². The summed E-state index contributed by atoms with van der Waals surface area (Å²) in [5.41, 5.74) is 7.89. The van der Waals surface area contributed by atoms with Crippen molar-refractivity contribution in [2.24, 2.45) is 5.73 Å². The average molecular weight is 192 g/mol. The number of hydrogen-bond acceptors (Lipinski definition) is 3. The van der Waals surface area contributed by atoms with E-state index in [2.05, 4.69) is 17.4 Å². The van der Waals surface area contributed by atoms with Crippen LogP contribution in [0.4, 0.5) is 5.69 Å². The van der Waals surface area contributed by atoms with Gasteiger partial charge in [0, 0.05) is 6.54 Å². The minimum absolute atomic E-state index is 0.694. The van der Waals surface area contributed by atoms with E-state index in [-0.39, 0.29) is 0 Å². The number of hydrogen-bond donors (Lipinski definition) is 2. The zero-order chi connectivity index (χ0) is 9.80. The van der Waals surface area contributed by atoms with Crippen molar-refractivity contribution in [3.63, 3.8) is 0 Å². The second-order valence-electron chi connectivity index (χ2n) is 3.50. The Morgan fingerprint density at radius 2 is 2.36 bits per heavy atom. The van der Waals surface area contributed by atoms with Gasteiger partial charge >= 0.3 is 0 Å². The second kappa shape index (κ2) is 4.33. The fraction of sp³-hybridized carbons (Fsp3) is 0.455. The standard InChI is InChI=1S/C11H16N2O/c12-5-4-9-2-3-11-10(8-9)13-6-1-7-14-11/h2-3,8,13H,1,4-7,12H2. The maximum absolute atomic E-state index is 5.59. The molecule has 3 nitrogen and oxygen atoms in total. The lowest BCUT2D eigenvalue weighted by molar-refractivity contribution is 0.323. The molecule has 0 bridgehead atoms. The monoisotopic (exact) mass is 192 g/mol. The smallest absolute Gasteiger partial charge is 0.142 e. The largest absolute Gasteiger partial charge is 0.491 e. The summed E-state index contributed by atoms with van der Waals surface area (Å²) < 4.78 is 5.59. The summed E-state index contributed by atoms with van der Waals surface area (Å²) in [6.45, 7) is 2.48. The predicted octanol–water partition coefficient (Wildman–Crippen LogP) is 1.38. The molecule has 0 saturated carbocycles. The quantitative estimate of drug-likeness (QED) is 0.744. The van der Waals surface area contributed by atoms with E-state index in [0.29, 0.717) is 6.54 Å². The number of ether oxygens (including phenoxy) is 1. The van der Waals surface area contributed by atoms with Crippen LogP contribution in [0.1, 0.15) is 12.0 Å². The number of anilines is 1. The number of nitrogens with two attached hydrogens (primary N) is 1. The molecule has 1 aromatic rings. The summed E-state index contributed by atoms with van der Waals surface area (Å²) in [6, 6.07) is 6.24. The van der Waals surface area contributed by atoms with Gasteiger partial charge in [0.1, 0.15) is 5.75 Å². The molecular weight excluding hydrogens is 176 g/mol. The fourth-order valence-electron chi connectivity index (χ4n) is 1.64. The lowest BCUT2D eigenvalue weighted by Gasteiger charge is -2.09. The third-order valence-electron chi connectivity index (χ3n) is 2.37. The van der Waals surface area contributed by atoms with Gasteiger partial charge in [0.15, 0.2) is 0 Å². The number of benzene rings is 1. The van der Waals surface area contributed by atoms with Gasteiger partial charge in [0.2, 0.25) is 0 Å². The molecule has 2 rings (SSSR count). The molecule has 1 aliphatic rings. The summed E-state index contributed by atoms with van der Waals surface area (Å²) in [4.78, 5) is 0. The molecule has 1 aromatic carbocycles. The van der Waals surface area contributed by atoms with Gasteiger partial charge in [-0.2, -0.15) is 0 Å². The molecule has 0 aliphatic carbocycles. The van der Waals surface area contributed by atoms with Crippen LogP contribution in [0.3, 0.4) is 0 Å². The van der Waals surface area contributed by atoms with Crippen LogP contribution in [0.15, 0.2) is 18.2 Å². The summed E-state index contributed by atoms with van der Waals surface area (Å²) in [6.07, 6.45) is 1.98. The van der Waals surface area contributed by atoms with Crippen molar-refractivity contribution in [1.82, 2.24) is 0 Å². The lowest BCUT2D eigenvalue weighted by Crippen LogP contribution is -2.04. The molecular formula is C11H16N2O. The maximum atomic E-state index is 5.59. The Kier molecular flexibility index (Phi) is 2.89. The Bertz CT molecular complexity index is 312. The van der Waals surface area contributed by atoms with Crippen molar-refractivity contribution in [2.75, 3.05) is 25.0 Å². The van der Waals surface area contributed by atoms with E-state index in [1.165, 1.54) is 5.56 Å². The van der Waals surface area contributed by atoms with Gasteiger partial charge in [0.05, 0.1) is 12.3 Å². The van der Waals surface area contributed by atoms with Crippen molar-refractivity contribution >= 4 is 5.69 Å². The van der Waals surface area contributed by atoms with E-state index in [9.17, 15) is 0 Å². The van der Waals surface area contributed by atoms with Gasteiger partial charge in [-0.05, 0) is 37.1 Å². The molecule has 0 spiro atoms. The van der Waals surface area contributed by atoms with Gasteiger partial charge in [-0.15, -0.1) is 0 Å². The molecule has 3 heteroatoms. The van der Waals surface area contributed by atoms with E-state index in [1.54, 1.807) is 0 Å². The van der Waals surface area contributed by atoms with Crippen molar-refractivity contribution in [2.45, 2.75) is 12.8 Å². The Morgan fingerprint density at radius 3 is 3.21 bits per heavy atom. The van der Waals surface area contributed by atoms with Crippen molar-refractivity contribution in [1.29, 1.82) is 0 Å². The van der Waals surface area contributed by atoms with Crippen LogP contribution in [0, 0.1) is 0 Å². The van der Waals surface area contributed by atoms with Crippen LogP contribution in [0.5, 0.6) is 5.75 Å². The molecule has 0 saturated heterocycles. The molecule has 1 aliphatic heterocycles. The molecule has 0 atom stereocenters.